The molecule has 1 aliphatic carbocycles. The molecule has 0 saturated heterocycles. The van der Waals surface area contributed by atoms with Crippen molar-refractivity contribution in [1.29, 1.82) is 0 Å². The fourth-order valence-corrected chi connectivity index (χ4v) is 3.47. The number of hydrogen-bond acceptors (Lipinski definition) is 2. The SMILES string of the molecule is CCCC(C)CC1(CN)CCC(C)(C)C1O. The second-order valence-electron chi connectivity index (χ2n) is 6.56. The number of aliphatic hydroxyl groups excluding tert-OH is 1. The molecule has 0 amide bonds. The fraction of sp³-hybridized carbons (Fsp3) is 1.00. The summed E-state index contributed by atoms with van der Waals surface area (Å²) in [6.45, 7) is 9.48. The molecule has 1 aliphatic rings. The summed E-state index contributed by atoms with van der Waals surface area (Å²) >= 11 is 0. The first-order valence-corrected chi connectivity index (χ1v) is 6.76. The van der Waals surface area contributed by atoms with Gasteiger partial charge in [-0.1, -0.05) is 40.5 Å². The molecule has 1 saturated carbocycles. The van der Waals surface area contributed by atoms with Crippen LogP contribution in [0.15, 0.2) is 0 Å². The lowest BCUT2D eigenvalue weighted by Crippen LogP contribution is -2.43. The van der Waals surface area contributed by atoms with Crippen LogP contribution in [0, 0.1) is 16.7 Å². The molecule has 0 aromatic heterocycles. The lowest BCUT2D eigenvalue weighted by molar-refractivity contribution is -0.0165. The van der Waals surface area contributed by atoms with Crippen molar-refractivity contribution in [3.05, 3.63) is 0 Å². The van der Waals surface area contributed by atoms with Crippen molar-refractivity contribution in [3.63, 3.8) is 0 Å². The van der Waals surface area contributed by atoms with Crippen LogP contribution in [0.1, 0.15) is 59.8 Å². The van der Waals surface area contributed by atoms with Crippen molar-refractivity contribution in [2.24, 2.45) is 22.5 Å². The van der Waals surface area contributed by atoms with E-state index in [1.165, 1.54) is 12.8 Å². The van der Waals surface area contributed by atoms with Crippen molar-refractivity contribution in [2.75, 3.05) is 6.54 Å². The average molecular weight is 227 g/mol. The van der Waals surface area contributed by atoms with Crippen LogP contribution in [0.5, 0.6) is 0 Å². The molecular weight excluding hydrogens is 198 g/mol. The first-order valence-electron chi connectivity index (χ1n) is 6.76. The highest BCUT2D eigenvalue weighted by atomic mass is 16.3. The number of aliphatic hydroxyl groups is 1. The van der Waals surface area contributed by atoms with E-state index in [4.69, 9.17) is 5.73 Å². The van der Waals surface area contributed by atoms with Gasteiger partial charge in [-0.15, -0.1) is 0 Å². The molecule has 0 bridgehead atoms. The Morgan fingerprint density at radius 1 is 1.38 bits per heavy atom. The molecule has 3 atom stereocenters. The summed E-state index contributed by atoms with van der Waals surface area (Å²) in [6, 6.07) is 0. The number of hydrogen-bond donors (Lipinski definition) is 2. The van der Waals surface area contributed by atoms with Crippen molar-refractivity contribution in [2.45, 2.75) is 65.9 Å². The van der Waals surface area contributed by atoms with E-state index in [9.17, 15) is 5.11 Å². The van der Waals surface area contributed by atoms with E-state index in [0.29, 0.717) is 12.5 Å². The predicted molar refractivity (Wildman–Crippen MR) is 69.2 cm³/mol. The van der Waals surface area contributed by atoms with Crippen LogP contribution >= 0.6 is 0 Å². The molecule has 2 nitrogen and oxygen atoms in total. The Hall–Kier alpha value is -0.0800. The molecule has 0 aromatic rings. The molecule has 3 N–H and O–H groups in total. The van der Waals surface area contributed by atoms with Gasteiger partial charge in [0.25, 0.3) is 0 Å². The molecule has 3 unspecified atom stereocenters. The Kier molecular flexibility index (Phi) is 4.42. The van der Waals surface area contributed by atoms with Crippen molar-refractivity contribution >= 4 is 0 Å². The van der Waals surface area contributed by atoms with Crippen LogP contribution in [0.3, 0.4) is 0 Å². The Morgan fingerprint density at radius 2 is 2.00 bits per heavy atom. The van der Waals surface area contributed by atoms with Crippen LogP contribution in [0.25, 0.3) is 0 Å². The summed E-state index contributed by atoms with van der Waals surface area (Å²) in [7, 11) is 0. The van der Waals surface area contributed by atoms with Gasteiger partial charge in [0.2, 0.25) is 0 Å². The first-order chi connectivity index (χ1) is 7.38. The molecular formula is C14H29NO. The summed E-state index contributed by atoms with van der Waals surface area (Å²) in [4.78, 5) is 0. The normalized spacial score (nSPS) is 35.2. The highest BCUT2D eigenvalue weighted by Gasteiger charge is 2.51. The van der Waals surface area contributed by atoms with Crippen molar-refractivity contribution < 1.29 is 5.11 Å². The van der Waals surface area contributed by atoms with E-state index < -0.39 is 0 Å². The third-order valence-corrected chi connectivity index (χ3v) is 4.53. The van der Waals surface area contributed by atoms with Gasteiger partial charge in [-0.2, -0.15) is 0 Å². The summed E-state index contributed by atoms with van der Waals surface area (Å²) in [6.07, 6.45) is 5.51. The summed E-state index contributed by atoms with van der Waals surface area (Å²) in [5, 5.41) is 10.5. The summed E-state index contributed by atoms with van der Waals surface area (Å²) < 4.78 is 0. The summed E-state index contributed by atoms with van der Waals surface area (Å²) in [5.74, 6) is 0.678. The van der Waals surface area contributed by atoms with Crippen LogP contribution in [-0.4, -0.2) is 17.8 Å². The third kappa shape index (κ3) is 2.60. The van der Waals surface area contributed by atoms with Crippen molar-refractivity contribution in [1.82, 2.24) is 0 Å². The lowest BCUT2D eigenvalue weighted by Gasteiger charge is -2.37. The Bertz CT molecular complexity index is 227. The molecule has 96 valence electrons. The second-order valence-corrected chi connectivity index (χ2v) is 6.56. The molecule has 0 aliphatic heterocycles. The number of rotatable bonds is 5. The standard InChI is InChI=1S/C14H29NO/c1-5-6-11(2)9-14(10-15)8-7-13(3,4)12(14)16/h11-12,16H,5-10,15H2,1-4H3. The van der Waals surface area contributed by atoms with Gasteiger partial charge >= 0.3 is 0 Å². The maximum atomic E-state index is 10.5. The van der Waals surface area contributed by atoms with Gasteiger partial charge in [-0.25, -0.2) is 0 Å². The Labute approximate surface area is 101 Å². The van der Waals surface area contributed by atoms with E-state index in [-0.39, 0.29) is 16.9 Å². The quantitative estimate of drug-likeness (QED) is 0.758. The van der Waals surface area contributed by atoms with Crippen LogP contribution in [-0.2, 0) is 0 Å². The molecule has 16 heavy (non-hydrogen) atoms. The van der Waals surface area contributed by atoms with E-state index in [0.717, 1.165) is 19.3 Å². The molecule has 1 rings (SSSR count). The summed E-state index contributed by atoms with van der Waals surface area (Å²) in [5.41, 5.74) is 6.00. The third-order valence-electron chi connectivity index (χ3n) is 4.53. The highest BCUT2D eigenvalue weighted by Crippen LogP contribution is 2.52. The minimum Gasteiger partial charge on any atom is -0.392 e. The van der Waals surface area contributed by atoms with E-state index in [1.807, 2.05) is 0 Å². The zero-order valence-corrected chi connectivity index (χ0v) is 11.4. The van der Waals surface area contributed by atoms with Crippen LogP contribution < -0.4 is 5.73 Å². The Morgan fingerprint density at radius 3 is 2.38 bits per heavy atom. The topological polar surface area (TPSA) is 46.2 Å². The van der Waals surface area contributed by atoms with Crippen LogP contribution in [0.4, 0.5) is 0 Å². The maximum Gasteiger partial charge on any atom is 0.0659 e. The first kappa shape index (κ1) is 14.0. The van der Waals surface area contributed by atoms with Crippen LogP contribution in [0.2, 0.25) is 0 Å². The molecule has 2 heteroatoms. The van der Waals surface area contributed by atoms with Gasteiger partial charge in [-0.3, -0.25) is 0 Å². The van der Waals surface area contributed by atoms with E-state index >= 15 is 0 Å². The largest absolute Gasteiger partial charge is 0.392 e. The lowest BCUT2D eigenvalue weighted by atomic mass is 9.72. The molecule has 0 aromatic carbocycles. The van der Waals surface area contributed by atoms with Gasteiger partial charge in [0.1, 0.15) is 0 Å². The van der Waals surface area contributed by atoms with Gasteiger partial charge in [0, 0.05) is 12.0 Å². The van der Waals surface area contributed by atoms with Crippen molar-refractivity contribution in [3.8, 4) is 0 Å². The molecule has 1 fully saturated rings. The van der Waals surface area contributed by atoms with E-state index in [1.54, 1.807) is 0 Å². The van der Waals surface area contributed by atoms with Gasteiger partial charge in [0.05, 0.1) is 6.10 Å². The zero-order valence-electron chi connectivity index (χ0n) is 11.4. The average Bonchev–Trinajstić information content (AvgIpc) is 2.44. The Balaban J connectivity index is 2.72. The van der Waals surface area contributed by atoms with Gasteiger partial charge in [-0.05, 0) is 30.6 Å². The monoisotopic (exact) mass is 227 g/mol. The molecule has 0 spiro atoms. The number of nitrogens with two attached hydrogens (primary N) is 1. The minimum absolute atomic E-state index is 0.0158. The van der Waals surface area contributed by atoms with E-state index in [2.05, 4.69) is 27.7 Å². The van der Waals surface area contributed by atoms with Gasteiger partial charge in [0.15, 0.2) is 0 Å². The second kappa shape index (κ2) is 5.05. The maximum absolute atomic E-state index is 10.5. The smallest absolute Gasteiger partial charge is 0.0659 e. The molecule has 0 radical (unpaired) electrons. The highest BCUT2D eigenvalue weighted by molar-refractivity contribution is 5.02. The zero-order chi connectivity index (χ0) is 12.4. The minimum atomic E-state index is -0.232. The van der Waals surface area contributed by atoms with Gasteiger partial charge < -0.3 is 10.8 Å². The molecule has 0 heterocycles. The predicted octanol–water partition coefficient (Wildman–Crippen LogP) is 2.94. The fourth-order valence-electron chi connectivity index (χ4n) is 3.47.